The van der Waals surface area contributed by atoms with Crippen LogP contribution in [0.15, 0.2) is 30.3 Å². The van der Waals surface area contributed by atoms with Gasteiger partial charge in [-0.15, -0.1) is 12.4 Å². The van der Waals surface area contributed by atoms with Crippen molar-refractivity contribution in [2.45, 2.75) is 51.0 Å². The van der Waals surface area contributed by atoms with Crippen LogP contribution in [-0.4, -0.2) is 49.7 Å². The Hall–Kier alpha value is -1.10. The zero-order chi connectivity index (χ0) is 17.3. The molecule has 1 N–H and O–H groups in total. The van der Waals surface area contributed by atoms with Crippen molar-refractivity contribution >= 4 is 18.3 Å². The zero-order valence-electron chi connectivity index (χ0n) is 15.7. The van der Waals surface area contributed by atoms with Crippen LogP contribution in [0, 0.1) is 5.92 Å². The van der Waals surface area contributed by atoms with Gasteiger partial charge in [-0.05, 0) is 56.6 Å². The molecule has 4 nitrogen and oxygen atoms in total. The van der Waals surface area contributed by atoms with E-state index >= 15 is 0 Å². The van der Waals surface area contributed by atoms with Gasteiger partial charge in [0.2, 0.25) is 5.91 Å². The van der Waals surface area contributed by atoms with Gasteiger partial charge in [0.05, 0.1) is 6.61 Å². The molecule has 26 heavy (non-hydrogen) atoms. The number of ether oxygens (including phenoxy) is 1. The first-order valence-corrected chi connectivity index (χ1v) is 9.94. The molecular formula is C21H33ClN2O2. The molecule has 1 amide bonds. The molecule has 1 aliphatic carbocycles. The van der Waals surface area contributed by atoms with Crippen LogP contribution in [0.3, 0.4) is 0 Å². The Balaban J connectivity index is 0.00000243. The molecule has 5 heteroatoms. The summed E-state index contributed by atoms with van der Waals surface area (Å²) in [4.78, 5) is 14.3. The molecule has 0 spiro atoms. The number of halogens is 1. The van der Waals surface area contributed by atoms with Crippen LogP contribution in [0.4, 0.5) is 0 Å². The highest BCUT2D eigenvalue weighted by Crippen LogP contribution is 2.28. The minimum atomic E-state index is 0. The van der Waals surface area contributed by atoms with Crippen LogP contribution in [0.25, 0.3) is 0 Å². The largest absolute Gasteiger partial charge is 0.381 e. The lowest BCUT2D eigenvalue weighted by molar-refractivity contribution is -0.132. The minimum absolute atomic E-state index is 0. The van der Waals surface area contributed by atoms with Crippen molar-refractivity contribution in [3.8, 4) is 0 Å². The van der Waals surface area contributed by atoms with Crippen molar-refractivity contribution < 1.29 is 9.53 Å². The third kappa shape index (κ3) is 7.65. The Morgan fingerprint density at radius 2 is 1.81 bits per heavy atom. The molecule has 0 bridgehead atoms. The van der Waals surface area contributed by atoms with Crippen molar-refractivity contribution in [2.24, 2.45) is 5.92 Å². The first kappa shape index (κ1) is 21.2. The Morgan fingerprint density at radius 1 is 1.08 bits per heavy atom. The third-order valence-electron chi connectivity index (χ3n) is 5.30. The van der Waals surface area contributed by atoms with E-state index in [1.807, 2.05) is 11.0 Å². The highest BCUT2D eigenvalue weighted by molar-refractivity contribution is 5.85. The summed E-state index contributed by atoms with van der Waals surface area (Å²) >= 11 is 0. The molecule has 0 radical (unpaired) electrons. The van der Waals surface area contributed by atoms with Gasteiger partial charge in [-0.3, -0.25) is 4.79 Å². The standard InChI is InChI=1S/C21H32N2O2.ClH/c24-21(7-4-15-25-16-12-18-5-2-1-3-6-18)23-13-10-20(11-14-23)22-17-19-8-9-19;/h1-3,5-6,19-20,22H,4,7-17H2;1H. The second kappa shape index (κ2) is 11.6. The summed E-state index contributed by atoms with van der Waals surface area (Å²) in [5.41, 5.74) is 1.30. The van der Waals surface area contributed by atoms with Crippen LogP contribution in [0.2, 0.25) is 0 Å². The third-order valence-corrected chi connectivity index (χ3v) is 5.30. The highest BCUT2D eigenvalue weighted by atomic mass is 35.5. The number of rotatable bonds is 10. The number of carbonyl (C=O) groups excluding carboxylic acids is 1. The van der Waals surface area contributed by atoms with E-state index in [1.54, 1.807) is 0 Å². The fraction of sp³-hybridized carbons (Fsp3) is 0.667. The van der Waals surface area contributed by atoms with E-state index in [4.69, 9.17) is 4.74 Å². The molecule has 3 rings (SSSR count). The quantitative estimate of drug-likeness (QED) is 0.632. The van der Waals surface area contributed by atoms with Gasteiger partial charge >= 0.3 is 0 Å². The zero-order valence-corrected chi connectivity index (χ0v) is 16.5. The first-order valence-electron chi connectivity index (χ1n) is 9.94. The van der Waals surface area contributed by atoms with Crippen LogP contribution < -0.4 is 5.32 Å². The Morgan fingerprint density at radius 3 is 2.50 bits per heavy atom. The molecule has 1 heterocycles. The summed E-state index contributed by atoms with van der Waals surface area (Å²) in [5.74, 6) is 1.23. The van der Waals surface area contributed by atoms with Crippen LogP contribution in [-0.2, 0) is 16.0 Å². The van der Waals surface area contributed by atoms with Crippen molar-refractivity contribution in [1.29, 1.82) is 0 Å². The fourth-order valence-electron chi connectivity index (χ4n) is 3.41. The number of piperidine rings is 1. The lowest BCUT2D eigenvalue weighted by atomic mass is 10.0. The van der Waals surface area contributed by atoms with Crippen molar-refractivity contribution in [1.82, 2.24) is 10.2 Å². The second-order valence-corrected chi connectivity index (χ2v) is 7.46. The first-order chi connectivity index (χ1) is 12.3. The van der Waals surface area contributed by atoms with Crippen molar-refractivity contribution in [2.75, 3.05) is 32.8 Å². The summed E-state index contributed by atoms with van der Waals surface area (Å²) in [5, 5.41) is 3.66. The number of amides is 1. The van der Waals surface area contributed by atoms with E-state index in [1.165, 1.54) is 24.9 Å². The molecule has 1 aliphatic heterocycles. The van der Waals surface area contributed by atoms with Gasteiger partial charge in [0.1, 0.15) is 0 Å². The molecule has 1 aromatic rings. The van der Waals surface area contributed by atoms with E-state index < -0.39 is 0 Å². The maximum absolute atomic E-state index is 12.3. The van der Waals surface area contributed by atoms with Gasteiger partial charge in [-0.25, -0.2) is 0 Å². The Labute approximate surface area is 164 Å². The summed E-state index contributed by atoms with van der Waals surface area (Å²) in [6.45, 7) is 4.42. The SMILES string of the molecule is Cl.O=C(CCCOCCc1ccccc1)N1CCC(NCC2CC2)CC1. The van der Waals surface area contributed by atoms with Crippen LogP contribution in [0.1, 0.15) is 44.1 Å². The second-order valence-electron chi connectivity index (χ2n) is 7.46. The van der Waals surface area contributed by atoms with Crippen molar-refractivity contribution in [3.05, 3.63) is 35.9 Å². The number of hydrogen-bond acceptors (Lipinski definition) is 3. The van der Waals surface area contributed by atoms with Crippen LogP contribution in [0.5, 0.6) is 0 Å². The molecule has 0 atom stereocenters. The lowest BCUT2D eigenvalue weighted by Crippen LogP contribution is -2.45. The number of hydrogen-bond donors (Lipinski definition) is 1. The van der Waals surface area contributed by atoms with Gasteiger partial charge < -0.3 is 15.0 Å². The van der Waals surface area contributed by atoms with E-state index in [9.17, 15) is 4.79 Å². The maximum atomic E-state index is 12.3. The topological polar surface area (TPSA) is 41.6 Å². The average Bonchev–Trinajstić information content (AvgIpc) is 3.48. The molecule has 2 fully saturated rings. The van der Waals surface area contributed by atoms with E-state index in [0.29, 0.717) is 25.0 Å². The average molecular weight is 381 g/mol. The summed E-state index contributed by atoms with van der Waals surface area (Å²) in [7, 11) is 0. The number of likely N-dealkylation sites (tertiary alicyclic amines) is 1. The van der Waals surface area contributed by atoms with E-state index in [0.717, 1.165) is 51.3 Å². The molecule has 0 unspecified atom stereocenters. The van der Waals surface area contributed by atoms with Gasteiger partial charge in [0.15, 0.2) is 0 Å². The van der Waals surface area contributed by atoms with Crippen LogP contribution >= 0.6 is 12.4 Å². The molecule has 1 aromatic carbocycles. The fourth-order valence-corrected chi connectivity index (χ4v) is 3.41. The van der Waals surface area contributed by atoms with Gasteiger partial charge in [-0.2, -0.15) is 0 Å². The van der Waals surface area contributed by atoms with Gasteiger partial charge in [0.25, 0.3) is 0 Å². The lowest BCUT2D eigenvalue weighted by Gasteiger charge is -2.32. The molecule has 1 saturated heterocycles. The molecule has 2 aliphatic rings. The minimum Gasteiger partial charge on any atom is -0.381 e. The van der Waals surface area contributed by atoms with Crippen molar-refractivity contribution in [3.63, 3.8) is 0 Å². The number of nitrogens with zero attached hydrogens (tertiary/aromatic N) is 1. The molecule has 0 aromatic heterocycles. The maximum Gasteiger partial charge on any atom is 0.222 e. The Kier molecular flexibility index (Phi) is 9.44. The molecule has 146 valence electrons. The summed E-state index contributed by atoms with van der Waals surface area (Å²) in [6.07, 6.45) is 7.39. The normalized spacial score (nSPS) is 17.8. The molecular weight excluding hydrogens is 348 g/mol. The number of nitrogens with one attached hydrogen (secondary N) is 1. The molecule has 1 saturated carbocycles. The highest BCUT2D eigenvalue weighted by Gasteiger charge is 2.25. The predicted octanol–water partition coefficient (Wildman–Crippen LogP) is 3.44. The monoisotopic (exact) mass is 380 g/mol. The smallest absolute Gasteiger partial charge is 0.222 e. The van der Waals surface area contributed by atoms with E-state index in [-0.39, 0.29) is 12.4 Å². The number of benzene rings is 1. The predicted molar refractivity (Wildman–Crippen MR) is 108 cm³/mol. The Bertz CT molecular complexity index is 514. The van der Waals surface area contributed by atoms with E-state index in [2.05, 4.69) is 29.6 Å². The van der Waals surface area contributed by atoms with Gasteiger partial charge in [-0.1, -0.05) is 30.3 Å². The van der Waals surface area contributed by atoms with Gasteiger partial charge in [0, 0.05) is 32.2 Å². The summed E-state index contributed by atoms with van der Waals surface area (Å²) in [6, 6.07) is 11.0. The summed E-state index contributed by atoms with van der Waals surface area (Å²) < 4.78 is 5.67. The number of carbonyl (C=O) groups is 1.